The van der Waals surface area contributed by atoms with Crippen molar-refractivity contribution >= 4 is 0 Å². The maximum absolute atomic E-state index is 9.01. The Labute approximate surface area is 88.3 Å². The molecule has 1 heterocycles. The fourth-order valence-electron chi connectivity index (χ4n) is 2.51. The number of hydrogen-bond donors (Lipinski definition) is 1. The van der Waals surface area contributed by atoms with E-state index in [9.17, 15) is 0 Å². The zero-order valence-electron chi connectivity index (χ0n) is 9.92. The summed E-state index contributed by atoms with van der Waals surface area (Å²) in [5.74, 6) is 0.430. The molecule has 1 atom stereocenters. The highest BCUT2D eigenvalue weighted by Gasteiger charge is 2.34. The molecule has 84 valence electrons. The van der Waals surface area contributed by atoms with Crippen LogP contribution in [0.15, 0.2) is 0 Å². The average Bonchev–Trinajstić information content (AvgIpc) is 2.62. The van der Waals surface area contributed by atoms with Crippen molar-refractivity contribution in [2.45, 2.75) is 40.0 Å². The molecular weight excluding hydrogens is 174 g/mol. The molecule has 14 heavy (non-hydrogen) atoms. The van der Waals surface area contributed by atoms with Crippen molar-refractivity contribution < 1.29 is 5.11 Å². The molecule has 0 aromatic carbocycles. The lowest BCUT2D eigenvalue weighted by Gasteiger charge is -2.27. The minimum atomic E-state index is 0.321. The zero-order valence-corrected chi connectivity index (χ0v) is 9.92. The number of likely N-dealkylation sites (tertiary alicyclic amines) is 1. The van der Waals surface area contributed by atoms with Gasteiger partial charge in [0.1, 0.15) is 0 Å². The van der Waals surface area contributed by atoms with Crippen LogP contribution in [-0.2, 0) is 0 Å². The Morgan fingerprint density at radius 1 is 1.36 bits per heavy atom. The highest BCUT2D eigenvalue weighted by molar-refractivity contribution is 4.88. The quantitative estimate of drug-likeness (QED) is 0.733. The van der Waals surface area contributed by atoms with Gasteiger partial charge in [0, 0.05) is 19.7 Å². The van der Waals surface area contributed by atoms with E-state index in [0.717, 1.165) is 6.54 Å². The fourth-order valence-corrected chi connectivity index (χ4v) is 2.51. The van der Waals surface area contributed by atoms with Gasteiger partial charge in [-0.05, 0) is 37.1 Å². The molecule has 1 aliphatic rings. The van der Waals surface area contributed by atoms with Crippen molar-refractivity contribution in [1.29, 1.82) is 0 Å². The van der Waals surface area contributed by atoms with Gasteiger partial charge in [0.25, 0.3) is 0 Å². The summed E-state index contributed by atoms with van der Waals surface area (Å²) in [6, 6.07) is 0. The molecule has 1 aliphatic heterocycles. The Morgan fingerprint density at radius 3 is 2.43 bits per heavy atom. The molecule has 2 nitrogen and oxygen atoms in total. The number of aliphatic hydroxyl groups excluding tert-OH is 1. The summed E-state index contributed by atoms with van der Waals surface area (Å²) in [6.07, 6.45) is 3.94. The number of nitrogens with zero attached hydrogens (tertiary/aromatic N) is 1. The van der Waals surface area contributed by atoms with Gasteiger partial charge in [0.15, 0.2) is 0 Å². The van der Waals surface area contributed by atoms with Crippen LogP contribution in [0.5, 0.6) is 0 Å². The van der Waals surface area contributed by atoms with E-state index in [1.54, 1.807) is 0 Å². The van der Waals surface area contributed by atoms with Crippen LogP contribution in [0.25, 0.3) is 0 Å². The molecular formula is C12H25NO. The van der Waals surface area contributed by atoms with Crippen LogP contribution >= 0.6 is 0 Å². The van der Waals surface area contributed by atoms with E-state index in [1.807, 2.05) is 0 Å². The SMILES string of the molecule is CCC1(CC)CCN(CC(C)CO)C1. The van der Waals surface area contributed by atoms with E-state index in [2.05, 4.69) is 25.7 Å². The van der Waals surface area contributed by atoms with Gasteiger partial charge < -0.3 is 10.0 Å². The summed E-state index contributed by atoms with van der Waals surface area (Å²) in [4.78, 5) is 2.52. The topological polar surface area (TPSA) is 23.5 Å². The Kier molecular flexibility index (Phi) is 4.39. The molecule has 0 spiro atoms. The molecule has 0 aromatic rings. The summed E-state index contributed by atoms with van der Waals surface area (Å²) in [6.45, 7) is 10.6. The Balaban J connectivity index is 2.40. The lowest BCUT2D eigenvalue weighted by atomic mass is 9.82. The largest absolute Gasteiger partial charge is 0.396 e. The van der Waals surface area contributed by atoms with Crippen LogP contribution in [0, 0.1) is 11.3 Å². The monoisotopic (exact) mass is 199 g/mol. The van der Waals surface area contributed by atoms with E-state index >= 15 is 0 Å². The van der Waals surface area contributed by atoms with Gasteiger partial charge in [-0.15, -0.1) is 0 Å². The van der Waals surface area contributed by atoms with Crippen molar-refractivity contribution in [2.75, 3.05) is 26.2 Å². The Hall–Kier alpha value is -0.0800. The van der Waals surface area contributed by atoms with Gasteiger partial charge in [-0.1, -0.05) is 20.8 Å². The van der Waals surface area contributed by atoms with Crippen LogP contribution in [0.3, 0.4) is 0 Å². The first-order chi connectivity index (χ1) is 6.65. The third-order valence-corrected chi connectivity index (χ3v) is 3.90. The maximum Gasteiger partial charge on any atom is 0.0468 e. The average molecular weight is 199 g/mol. The zero-order chi connectivity index (χ0) is 10.6. The maximum atomic E-state index is 9.01. The van der Waals surface area contributed by atoms with Crippen molar-refractivity contribution in [3.05, 3.63) is 0 Å². The summed E-state index contributed by atoms with van der Waals surface area (Å²) in [7, 11) is 0. The van der Waals surface area contributed by atoms with Gasteiger partial charge >= 0.3 is 0 Å². The van der Waals surface area contributed by atoms with E-state index in [0.29, 0.717) is 17.9 Å². The van der Waals surface area contributed by atoms with E-state index in [-0.39, 0.29) is 0 Å². The van der Waals surface area contributed by atoms with Crippen molar-refractivity contribution in [2.24, 2.45) is 11.3 Å². The van der Waals surface area contributed by atoms with Gasteiger partial charge in [-0.3, -0.25) is 0 Å². The van der Waals surface area contributed by atoms with Gasteiger partial charge in [0.05, 0.1) is 0 Å². The minimum Gasteiger partial charge on any atom is -0.396 e. The lowest BCUT2D eigenvalue weighted by Crippen LogP contribution is -2.30. The van der Waals surface area contributed by atoms with E-state index < -0.39 is 0 Å². The number of rotatable bonds is 5. The first kappa shape index (κ1) is 12.0. The second-order valence-corrected chi connectivity index (χ2v) is 4.98. The van der Waals surface area contributed by atoms with Gasteiger partial charge in [0.2, 0.25) is 0 Å². The molecule has 0 bridgehead atoms. The first-order valence-corrected chi connectivity index (χ1v) is 5.99. The van der Waals surface area contributed by atoms with Crippen LogP contribution in [0.4, 0.5) is 0 Å². The fraction of sp³-hybridized carbons (Fsp3) is 1.00. The molecule has 0 amide bonds. The second-order valence-electron chi connectivity index (χ2n) is 4.98. The van der Waals surface area contributed by atoms with Gasteiger partial charge in [-0.25, -0.2) is 0 Å². The van der Waals surface area contributed by atoms with Crippen molar-refractivity contribution in [3.8, 4) is 0 Å². The molecule has 1 fully saturated rings. The summed E-state index contributed by atoms with van der Waals surface area (Å²) in [5, 5.41) is 9.01. The Morgan fingerprint density at radius 2 is 2.00 bits per heavy atom. The molecule has 2 heteroatoms. The summed E-state index contributed by atoms with van der Waals surface area (Å²) < 4.78 is 0. The number of aliphatic hydroxyl groups is 1. The summed E-state index contributed by atoms with van der Waals surface area (Å²) in [5.41, 5.74) is 0.579. The molecule has 0 aromatic heterocycles. The van der Waals surface area contributed by atoms with Crippen molar-refractivity contribution in [3.63, 3.8) is 0 Å². The van der Waals surface area contributed by atoms with Crippen LogP contribution in [-0.4, -0.2) is 36.2 Å². The van der Waals surface area contributed by atoms with Crippen LogP contribution in [0.1, 0.15) is 40.0 Å². The molecule has 1 N–H and O–H groups in total. The predicted octanol–water partition coefficient (Wildman–Crippen LogP) is 2.13. The standard InChI is InChI=1S/C12H25NO/c1-4-12(5-2)6-7-13(10-12)8-11(3)9-14/h11,14H,4-10H2,1-3H3. The Bertz CT molecular complexity index is 166. The van der Waals surface area contributed by atoms with E-state index in [4.69, 9.17) is 5.11 Å². The first-order valence-electron chi connectivity index (χ1n) is 5.99. The second kappa shape index (κ2) is 5.13. The van der Waals surface area contributed by atoms with E-state index in [1.165, 1.54) is 32.4 Å². The highest BCUT2D eigenvalue weighted by Crippen LogP contribution is 2.36. The smallest absolute Gasteiger partial charge is 0.0468 e. The molecule has 1 rings (SSSR count). The van der Waals surface area contributed by atoms with Crippen molar-refractivity contribution in [1.82, 2.24) is 4.90 Å². The third-order valence-electron chi connectivity index (χ3n) is 3.90. The normalized spacial score (nSPS) is 24.0. The highest BCUT2D eigenvalue weighted by atomic mass is 16.3. The van der Waals surface area contributed by atoms with Gasteiger partial charge in [-0.2, -0.15) is 0 Å². The molecule has 0 aliphatic carbocycles. The minimum absolute atomic E-state index is 0.321. The predicted molar refractivity (Wildman–Crippen MR) is 60.3 cm³/mol. The molecule has 1 saturated heterocycles. The lowest BCUT2D eigenvalue weighted by molar-refractivity contribution is 0.174. The summed E-state index contributed by atoms with van der Waals surface area (Å²) >= 11 is 0. The molecule has 0 saturated carbocycles. The third kappa shape index (κ3) is 2.71. The molecule has 1 unspecified atom stereocenters. The number of hydrogen-bond acceptors (Lipinski definition) is 2. The molecule has 0 radical (unpaired) electrons. The van der Waals surface area contributed by atoms with Crippen LogP contribution in [0.2, 0.25) is 0 Å². The van der Waals surface area contributed by atoms with Crippen LogP contribution < -0.4 is 0 Å².